The molecule has 7 aromatic rings. The minimum Gasteiger partial charge on any atom is -0.360 e. The molecule has 0 saturated carbocycles. The number of aromatic nitrogens is 2. The lowest BCUT2D eigenvalue weighted by Crippen LogP contribution is -2.20. The fourth-order valence-electron chi connectivity index (χ4n) is 5.27. The largest absolute Gasteiger partial charge is 0.360 e. The van der Waals surface area contributed by atoms with Crippen molar-refractivity contribution >= 4 is 33.4 Å². The molecule has 2 heterocycles. The van der Waals surface area contributed by atoms with Gasteiger partial charge in [-0.3, -0.25) is 19.2 Å². The van der Waals surface area contributed by atoms with Crippen LogP contribution in [-0.4, -0.2) is 21.1 Å². The molecule has 7 heteroatoms. The highest BCUT2D eigenvalue weighted by Crippen LogP contribution is 2.18. The summed E-state index contributed by atoms with van der Waals surface area (Å²) in [5.41, 5.74) is 2.55. The number of H-pyrrole nitrogens is 1. The van der Waals surface area contributed by atoms with Gasteiger partial charge in [0.15, 0.2) is 11.6 Å². The number of rotatable bonds is 6. The van der Waals surface area contributed by atoms with Crippen molar-refractivity contribution in [2.45, 2.75) is 6.54 Å². The first-order valence-electron chi connectivity index (χ1n) is 14.6. The second kappa shape index (κ2) is 13.2. The highest BCUT2D eigenvalue weighted by atomic mass is 19.1. The number of nitrogens with zero attached hydrogens (tertiary/aromatic N) is 1. The van der Waals surface area contributed by atoms with Gasteiger partial charge < -0.3 is 9.55 Å². The van der Waals surface area contributed by atoms with Crippen molar-refractivity contribution in [2.75, 3.05) is 0 Å². The summed E-state index contributed by atoms with van der Waals surface area (Å²) >= 11 is 0. The zero-order valence-electron chi connectivity index (χ0n) is 24.5. The van der Waals surface area contributed by atoms with E-state index in [9.17, 15) is 23.6 Å². The van der Waals surface area contributed by atoms with Gasteiger partial charge in [-0.05, 0) is 30.3 Å². The van der Waals surface area contributed by atoms with E-state index < -0.39 is 0 Å². The van der Waals surface area contributed by atoms with Crippen molar-refractivity contribution in [3.8, 4) is 0 Å². The maximum atomic E-state index is 14.1. The van der Waals surface area contributed by atoms with Crippen LogP contribution in [0.15, 0.2) is 155 Å². The van der Waals surface area contributed by atoms with Crippen molar-refractivity contribution in [3.05, 3.63) is 200 Å². The van der Waals surface area contributed by atoms with E-state index in [-0.39, 0.29) is 45.9 Å². The minimum absolute atomic E-state index is 0.0799. The monoisotopic (exact) mass is 606 g/mol. The molecule has 0 atom stereocenters. The number of carbonyl (C=O) groups excluding carboxylic acids is 2. The first-order chi connectivity index (χ1) is 22.4. The van der Waals surface area contributed by atoms with E-state index in [1.165, 1.54) is 18.5 Å². The van der Waals surface area contributed by atoms with Crippen LogP contribution in [0.2, 0.25) is 0 Å². The number of hydrogen-bond donors (Lipinski definition) is 1. The van der Waals surface area contributed by atoms with E-state index in [1.807, 2.05) is 30.3 Å². The van der Waals surface area contributed by atoms with Crippen molar-refractivity contribution in [1.29, 1.82) is 0 Å². The maximum absolute atomic E-state index is 14.1. The smallest absolute Gasteiger partial charge is 0.200 e. The molecule has 0 unspecified atom stereocenters. The summed E-state index contributed by atoms with van der Waals surface area (Å²) in [5.74, 6) is -0.919. The summed E-state index contributed by atoms with van der Waals surface area (Å²) in [6.45, 7) is 0.225. The topological polar surface area (TPSA) is 89.0 Å². The Morgan fingerprint density at radius 1 is 0.587 bits per heavy atom. The molecule has 0 saturated heterocycles. The third-order valence-corrected chi connectivity index (χ3v) is 7.64. The lowest BCUT2D eigenvalue weighted by Gasteiger charge is -2.14. The average molecular weight is 607 g/mol. The Morgan fingerprint density at radius 3 is 1.78 bits per heavy atom. The number of ketones is 2. The standard InChI is InChI=1S/C23H16FNO2.C16H11NO2/c24-20-12-6-4-10-17(20)14-25-15-19(22(26)16-8-2-1-3-9-16)23(27)18-11-5-7-13-21(18)25;18-15(11-6-2-1-3-7-11)13-10-17-14-9-5-4-8-12(14)16(13)19/h1-13,15H,14H2;1-10H,(H,17,19). The lowest BCUT2D eigenvalue weighted by atomic mass is 10.0. The predicted octanol–water partition coefficient (Wildman–Crippen LogP) is 7.18. The SMILES string of the molecule is O=C(c1ccccc1)c1c[nH]c2ccccc2c1=O.O=C(c1ccccc1)c1cn(Cc2ccccc2F)c2ccccc2c1=O. The second-order valence-corrected chi connectivity index (χ2v) is 10.6. The first-order valence-corrected chi connectivity index (χ1v) is 14.6. The van der Waals surface area contributed by atoms with E-state index in [1.54, 1.807) is 102 Å². The van der Waals surface area contributed by atoms with Crippen LogP contribution in [0.25, 0.3) is 21.8 Å². The van der Waals surface area contributed by atoms with Crippen LogP contribution in [0.5, 0.6) is 0 Å². The van der Waals surface area contributed by atoms with E-state index >= 15 is 0 Å². The molecule has 0 spiro atoms. The number of halogens is 1. The van der Waals surface area contributed by atoms with Gasteiger partial charge >= 0.3 is 0 Å². The molecule has 46 heavy (non-hydrogen) atoms. The molecule has 5 aromatic carbocycles. The average Bonchev–Trinajstić information content (AvgIpc) is 3.11. The van der Waals surface area contributed by atoms with Crippen molar-refractivity contribution in [2.24, 2.45) is 0 Å². The normalized spacial score (nSPS) is 10.7. The number of fused-ring (bicyclic) bond motifs is 2. The number of hydrogen-bond acceptors (Lipinski definition) is 4. The second-order valence-electron chi connectivity index (χ2n) is 10.6. The van der Waals surface area contributed by atoms with Gasteiger partial charge in [-0.1, -0.05) is 103 Å². The summed E-state index contributed by atoms with van der Waals surface area (Å²) in [7, 11) is 0. The van der Waals surface area contributed by atoms with Crippen LogP contribution < -0.4 is 10.9 Å². The molecule has 0 amide bonds. The lowest BCUT2D eigenvalue weighted by molar-refractivity contribution is 0.102. The molecule has 0 aliphatic heterocycles. The van der Waals surface area contributed by atoms with Crippen LogP contribution in [0.1, 0.15) is 37.4 Å². The van der Waals surface area contributed by atoms with Gasteiger partial charge in [-0.15, -0.1) is 0 Å². The number of para-hydroxylation sites is 2. The summed E-state index contributed by atoms with van der Waals surface area (Å²) in [6, 6.07) is 38.2. The van der Waals surface area contributed by atoms with E-state index in [4.69, 9.17) is 0 Å². The fourth-order valence-corrected chi connectivity index (χ4v) is 5.27. The third kappa shape index (κ3) is 6.07. The van der Waals surface area contributed by atoms with Gasteiger partial charge in [-0.2, -0.15) is 0 Å². The van der Waals surface area contributed by atoms with Crippen LogP contribution in [0, 0.1) is 5.82 Å². The molecular formula is C39H27FN2O4. The molecule has 224 valence electrons. The Kier molecular flexibility index (Phi) is 8.56. The quantitative estimate of drug-likeness (QED) is 0.203. The van der Waals surface area contributed by atoms with E-state index in [0.717, 1.165) is 5.52 Å². The summed E-state index contributed by atoms with van der Waals surface area (Å²) < 4.78 is 15.9. The molecule has 0 radical (unpaired) electrons. The zero-order chi connectivity index (χ0) is 32.0. The van der Waals surface area contributed by atoms with Crippen molar-refractivity contribution in [1.82, 2.24) is 9.55 Å². The van der Waals surface area contributed by atoms with Crippen LogP contribution >= 0.6 is 0 Å². The van der Waals surface area contributed by atoms with Gasteiger partial charge in [0.2, 0.25) is 10.9 Å². The van der Waals surface area contributed by atoms with Crippen molar-refractivity contribution < 1.29 is 14.0 Å². The Labute approximate surface area is 263 Å². The Bertz CT molecular complexity index is 2330. The van der Waals surface area contributed by atoms with Crippen LogP contribution in [0.4, 0.5) is 4.39 Å². The third-order valence-electron chi connectivity index (χ3n) is 7.64. The molecule has 2 aromatic heterocycles. The van der Waals surface area contributed by atoms with Crippen molar-refractivity contribution in [3.63, 3.8) is 0 Å². The van der Waals surface area contributed by atoms with E-state index in [0.29, 0.717) is 33.0 Å². The molecule has 1 N–H and O–H groups in total. The van der Waals surface area contributed by atoms with Gasteiger partial charge in [0, 0.05) is 45.4 Å². The summed E-state index contributed by atoms with van der Waals surface area (Å²) in [5, 5.41) is 0.972. The fraction of sp³-hybridized carbons (Fsp3) is 0.0256. The molecular weight excluding hydrogens is 579 g/mol. The Balaban J connectivity index is 0.000000172. The van der Waals surface area contributed by atoms with Gasteiger partial charge in [0.25, 0.3) is 0 Å². The molecule has 0 aliphatic rings. The van der Waals surface area contributed by atoms with Gasteiger partial charge in [0.05, 0.1) is 23.2 Å². The summed E-state index contributed by atoms with van der Waals surface area (Å²) in [6.07, 6.45) is 3.02. The van der Waals surface area contributed by atoms with Gasteiger partial charge in [0.1, 0.15) is 5.82 Å². The molecule has 6 nitrogen and oxygen atoms in total. The predicted molar refractivity (Wildman–Crippen MR) is 178 cm³/mol. The number of carbonyl (C=O) groups is 2. The molecule has 0 bridgehead atoms. The molecule has 0 aliphatic carbocycles. The first kappa shape index (κ1) is 29.8. The number of pyridine rings is 2. The van der Waals surface area contributed by atoms with Crippen LogP contribution in [-0.2, 0) is 6.54 Å². The Hall–Kier alpha value is -6.21. The number of nitrogens with one attached hydrogen (secondary N) is 1. The highest BCUT2D eigenvalue weighted by molar-refractivity contribution is 6.10. The maximum Gasteiger partial charge on any atom is 0.200 e. The highest BCUT2D eigenvalue weighted by Gasteiger charge is 2.18. The number of benzene rings is 5. The Morgan fingerprint density at radius 2 is 1.11 bits per heavy atom. The van der Waals surface area contributed by atoms with E-state index in [2.05, 4.69) is 4.98 Å². The van der Waals surface area contributed by atoms with Gasteiger partial charge in [-0.25, -0.2) is 4.39 Å². The molecule has 0 fully saturated rings. The molecule has 7 rings (SSSR count). The van der Waals surface area contributed by atoms with Crippen LogP contribution in [0.3, 0.4) is 0 Å². The minimum atomic E-state index is -0.339. The zero-order valence-corrected chi connectivity index (χ0v) is 24.5. The summed E-state index contributed by atoms with van der Waals surface area (Å²) in [4.78, 5) is 53.4. The number of aromatic amines is 1.